The number of carbonyl (C=O) groups is 2. The summed E-state index contributed by atoms with van der Waals surface area (Å²) < 4.78 is 14.1. The summed E-state index contributed by atoms with van der Waals surface area (Å²) in [6.45, 7) is 2.55. The number of hydrogen-bond donors (Lipinski definition) is 5. The van der Waals surface area contributed by atoms with Crippen molar-refractivity contribution in [2.45, 2.75) is 62.7 Å². The van der Waals surface area contributed by atoms with Crippen LogP contribution in [0.3, 0.4) is 0 Å². The Balaban J connectivity index is 1.24. The minimum absolute atomic E-state index is 0.0201. The summed E-state index contributed by atoms with van der Waals surface area (Å²) in [4.78, 5) is 26.3. The second kappa shape index (κ2) is 9.88. The molecular weight excluding hydrogens is 435 g/mol. The summed E-state index contributed by atoms with van der Waals surface area (Å²) in [5.74, 6) is -0.237. The second-order valence-electron chi connectivity index (χ2n) is 10.2. The van der Waals surface area contributed by atoms with Gasteiger partial charge in [0.05, 0.1) is 11.8 Å². The highest BCUT2D eigenvalue weighted by molar-refractivity contribution is 5.92. The van der Waals surface area contributed by atoms with Gasteiger partial charge in [-0.05, 0) is 49.3 Å². The number of halogens is 1. The second-order valence-corrected chi connectivity index (χ2v) is 10.2. The number of nitrogens with zero attached hydrogens (tertiary/aromatic N) is 1. The maximum Gasteiger partial charge on any atom is 0.243 e. The van der Waals surface area contributed by atoms with Crippen LogP contribution >= 0.6 is 0 Å². The third-order valence-corrected chi connectivity index (χ3v) is 7.85. The van der Waals surface area contributed by atoms with E-state index < -0.39 is 18.1 Å². The maximum atomic E-state index is 14.1. The number of hydrogen-bond acceptors (Lipinski definition) is 6. The molecule has 1 aromatic rings. The Labute approximate surface area is 199 Å². The summed E-state index contributed by atoms with van der Waals surface area (Å²) in [6.07, 6.45) is 5.14. The molecule has 0 spiro atoms. The van der Waals surface area contributed by atoms with Crippen molar-refractivity contribution >= 4 is 17.5 Å². The van der Waals surface area contributed by atoms with E-state index in [9.17, 15) is 19.2 Å². The molecule has 0 radical (unpaired) electrons. The fraction of sp³-hybridized carbons (Fsp3) is 0.640. The van der Waals surface area contributed by atoms with Crippen LogP contribution in [0.2, 0.25) is 0 Å². The highest BCUT2D eigenvalue weighted by atomic mass is 19.1. The zero-order valence-electron chi connectivity index (χ0n) is 19.3. The summed E-state index contributed by atoms with van der Waals surface area (Å²) in [7, 11) is 0. The lowest BCUT2D eigenvalue weighted by molar-refractivity contribution is -0.130. The summed E-state index contributed by atoms with van der Waals surface area (Å²) in [6, 6.07) is 5.49. The molecule has 0 bridgehead atoms. The molecule has 2 amide bonds. The van der Waals surface area contributed by atoms with E-state index in [0.717, 1.165) is 44.3 Å². The van der Waals surface area contributed by atoms with Crippen LogP contribution in [0.15, 0.2) is 18.2 Å². The Morgan fingerprint density at radius 3 is 2.82 bits per heavy atom. The molecule has 1 aliphatic carbocycles. The van der Waals surface area contributed by atoms with Crippen molar-refractivity contribution in [2.24, 2.45) is 17.8 Å². The Morgan fingerprint density at radius 2 is 2.06 bits per heavy atom. The van der Waals surface area contributed by atoms with Crippen LogP contribution in [-0.4, -0.2) is 55.6 Å². The number of anilines is 1. The Bertz CT molecular complexity index is 975. The van der Waals surface area contributed by atoms with Crippen LogP contribution in [0.1, 0.15) is 37.7 Å². The molecule has 3 aliphatic heterocycles. The summed E-state index contributed by atoms with van der Waals surface area (Å²) >= 11 is 0. The van der Waals surface area contributed by atoms with Crippen molar-refractivity contribution < 1.29 is 14.0 Å². The van der Waals surface area contributed by atoms with Crippen LogP contribution in [0.5, 0.6) is 0 Å². The molecule has 1 aromatic carbocycles. The molecule has 5 N–H and O–H groups in total. The number of nitriles is 1. The molecule has 9 heteroatoms. The molecule has 2 saturated heterocycles. The van der Waals surface area contributed by atoms with E-state index >= 15 is 0 Å². The van der Waals surface area contributed by atoms with E-state index in [2.05, 4.69) is 32.7 Å². The lowest BCUT2D eigenvalue weighted by Crippen LogP contribution is -2.61. The van der Waals surface area contributed by atoms with Crippen molar-refractivity contribution in [3.05, 3.63) is 29.6 Å². The van der Waals surface area contributed by atoms with Gasteiger partial charge in [0.25, 0.3) is 0 Å². The number of piperidine rings is 2. The molecule has 4 aliphatic rings. The number of para-hydroxylation sites is 1. The Kier molecular flexibility index (Phi) is 6.70. The van der Waals surface area contributed by atoms with Crippen LogP contribution in [0.4, 0.5) is 10.1 Å². The van der Waals surface area contributed by atoms with Gasteiger partial charge < -0.3 is 26.6 Å². The summed E-state index contributed by atoms with van der Waals surface area (Å²) in [5, 5.41) is 25.7. The lowest BCUT2D eigenvalue weighted by Gasteiger charge is -2.44. The minimum Gasteiger partial charge on any atom is -0.371 e. The lowest BCUT2D eigenvalue weighted by atomic mass is 9.74. The average Bonchev–Trinajstić information content (AvgIpc) is 3.56. The number of carbonyl (C=O) groups excluding carboxylic acids is 2. The standard InChI is InChI=1S/C25H33FN6O2/c26-18-5-1-3-15-10-20(30-23(15)18)25(34)31-19(9-14-6-7-14)24(33)32-21(11-27)17-12-28-13-22-16(17)4-2-8-29-22/h1,3,5,14,16-17,19-22,28-30H,2,4,6-10,12-13H2,(H,31,34)(H,32,33). The molecule has 6 unspecified atom stereocenters. The van der Waals surface area contributed by atoms with E-state index in [1.807, 2.05) is 0 Å². The van der Waals surface area contributed by atoms with Gasteiger partial charge in [-0.25, -0.2) is 4.39 Å². The predicted octanol–water partition coefficient (Wildman–Crippen LogP) is 1.04. The van der Waals surface area contributed by atoms with Crippen molar-refractivity contribution in [2.75, 3.05) is 25.0 Å². The largest absolute Gasteiger partial charge is 0.371 e. The van der Waals surface area contributed by atoms with E-state index in [-0.39, 0.29) is 23.5 Å². The van der Waals surface area contributed by atoms with E-state index in [4.69, 9.17) is 0 Å². The monoisotopic (exact) mass is 468 g/mol. The molecule has 1 saturated carbocycles. The van der Waals surface area contributed by atoms with Gasteiger partial charge in [-0.3, -0.25) is 9.59 Å². The first kappa shape index (κ1) is 23.1. The molecular formula is C25H33FN6O2. The molecule has 3 heterocycles. The molecule has 6 atom stereocenters. The molecule has 5 rings (SSSR count). The fourth-order valence-electron chi connectivity index (χ4n) is 5.82. The minimum atomic E-state index is -0.706. The van der Waals surface area contributed by atoms with Crippen LogP contribution in [0, 0.1) is 34.9 Å². The van der Waals surface area contributed by atoms with Crippen molar-refractivity contribution in [1.82, 2.24) is 21.3 Å². The van der Waals surface area contributed by atoms with Gasteiger partial charge in [0.1, 0.15) is 23.9 Å². The average molecular weight is 469 g/mol. The van der Waals surface area contributed by atoms with Crippen molar-refractivity contribution in [1.29, 1.82) is 5.26 Å². The fourth-order valence-corrected chi connectivity index (χ4v) is 5.82. The maximum absolute atomic E-state index is 14.1. The number of rotatable bonds is 7. The molecule has 34 heavy (non-hydrogen) atoms. The van der Waals surface area contributed by atoms with E-state index in [1.165, 1.54) is 6.07 Å². The molecule has 3 fully saturated rings. The number of nitrogens with one attached hydrogen (secondary N) is 5. The first-order valence-electron chi connectivity index (χ1n) is 12.5. The Morgan fingerprint density at radius 1 is 1.21 bits per heavy atom. The third-order valence-electron chi connectivity index (χ3n) is 7.85. The van der Waals surface area contributed by atoms with Gasteiger partial charge in [0.15, 0.2) is 0 Å². The van der Waals surface area contributed by atoms with Crippen LogP contribution in [0.25, 0.3) is 0 Å². The van der Waals surface area contributed by atoms with Gasteiger partial charge in [-0.1, -0.05) is 25.0 Å². The van der Waals surface area contributed by atoms with Crippen molar-refractivity contribution in [3.63, 3.8) is 0 Å². The SMILES string of the molecule is N#CC(NC(=O)C(CC1CC1)NC(=O)C1Cc2cccc(F)c2N1)C1CNCC2NCCCC21. The van der Waals surface area contributed by atoms with Gasteiger partial charge in [0.2, 0.25) is 11.8 Å². The third kappa shape index (κ3) is 4.89. The van der Waals surface area contributed by atoms with Gasteiger partial charge >= 0.3 is 0 Å². The highest BCUT2D eigenvalue weighted by Crippen LogP contribution is 2.34. The smallest absolute Gasteiger partial charge is 0.243 e. The number of fused-ring (bicyclic) bond motifs is 2. The molecule has 0 aromatic heterocycles. The highest BCUT2D eigenvalue weighted by Gasteiger charge is 2.41. The normalized spacial score (nSPS) is 29.5. The summed E-state index contributed by atoms with van der Waals surface area (Å²) in [5.41, 5.74) is 1.11. The van der Waals surface area contributed by atoms with E-state index in [1.54, 1.807) is 12.1 Å². The zero-order valence-corrected chi connectivity index (χ0v) is 19.3. The first-order chi connectivity index (χ1) is 16.5. The van der Waals surface area contributed by atoms with Crippen molar-refractivity contribution in [3.8, 4) is 6.07 Å². The molecule has 182 valence electrons. The topological polar surface area (TPSA) is 118 Å². The van der Waals surface area contributed by atoms with Gasteiger partial charge in [0, 0.05) is 31.5 Å². The zero-order chi connectivity index (χ0) is 23.7. The predicted molar refractivity (Wildman–Crippen MR) is 125 cm³/mol. The first-order valence-corrected chi connectivity index (χ1v) is 12.5. The number of amides is 2. The van der Waals surface area contributed by atoms with Gasteiger partial charge in [-0.15, -0.1) is 0 Å². The van der Waals surface area contributed by atoms with Crippen LogP contribution < -0.4 is 26.6 Å². The number of benzene rings is 1. The molecule has 8 nitrogen and oxygen atoms in total. The van der Waals surface area contributed by atoms with E-state index in [0.29, 0.717) is 43.0 Å². The Hall–Kier alpha value is -2.70. The quantitative estimate of drug-likeness (QED) is 0.408. The van der Waals surface area contributed by atoms with Gasteiger partial charge in [-0.2, -0.15) is 5.26 Å². The van der Waals surface area contributed by atoms with Crippen LogP contribution in [-0.2, 0) is 16.0 Å².